The monoisotopic (exact) mass is 426 g/mol. The van der Waals surface area contributed by atoms with E-state index in [-0.39, 0.29) is 17.5 Å². The number of esters is 1. The summed E-state index contributed by atoms with van der Waals surface area (Å²) in [6.07, 6.45) is 3.12. The molecule has 0 amide bonds. The highest BCUT2D eigenvalue weighted by atomic mass is 16.5. The van der Waals surface area contributed by atoms with E-state index in [0.29, 0.717) is 6.61 Å². The molecule has 164 valence electrons. The van der Waals surface area contributed by atoms with E-state index in [2.05, 4.69) is 69.3 Å². The molecule has 3 nitrogen and oxygen atoms in total. The standard InChI is InChI=1S/C29H30O3/c1-18-7-5-8-19(2)27(18)25-10-6-9-22(20(25)3)17-31-24-11-12-26-23(15-24)16-29(13-14-29)28(26)32-21(4)30/h5-12,15,28H,13-14,16-17H2,1-4H3. The lowest BCUT2D eigenvalue weighted by Gasteiger charge is -2.19. The number of aryl methyl sites for hydroxylation is 2. The van der Waals surface area contributed by atoms with Gasteiger partial charge in [-0.2, -0.15) is 0 Å². The van der Waals surface area contributed by atoms with E-state index >= 15 is 0 Å². The number of hydrogen-bond acceptors (Lipinski definition) is 3. The molecular formula is C29H30O3. The van der Waals surface area contributed by atoms with Gasteiger partial charge >= 0.3 is 5.97 Å². The van der Waals surface area contributed by atoms with Crippen LogP contribution in [0.25, 0.3) is 11.1 Å². The average molecular weight is 427 g/mol. The molecule has 3 heteroatoms. The fraction of sp³-hybridized carbons (Fsp3) is 0.345. The maximum Gasteiger partial charge on any atom is 0.303 e. The summed E-state index contributed by atoms with van der Waals surface area (Å²) in [4.78, 5) is 11.6. The normalized spacial score (nSPS) is 17.8. The molecule has 0 N–H and O–H groups in total. The van der Waals surface area contributed by atoms with Crippen molar-refractivity contribution in [2.24, 2.45) is 5.41 Å². The Labute approximate surface area is 190 Å². The van der Waals surface area contributed by atoms with Gasteiger partial charge in [0.15, 0.2) is 0 Å². The Balaban J connectivity index is 1.37. The van der Waals surface area contributed by atoms with E-state index < -0.39 is 0 Å². The quantitative estimate of drug-likeness (QED) is 0.421. The maximum absolute atomic E-state index is 11.6. The number of carbonyl (C=O) groups is 1. The van der Waals surface area contributed by atoms with Gasteiger partial charge in [0.05, 0.1) is 0 Å². The van der Waals surface area contributed by atoms with Crippen molar-refractivity contribution in [3.63, 3.8) is 0 Å². The molecule has 3 aromatic carbocycles. The number of hydrogen-bond donors (Lipinski definition) is 0. The van der Waals surface area contributed by atoms with Crippen LogP contribution in [0.3, 0.4) is 0 Å². The van der Waals surface area contributed by atoms with Crippen LogP contribution in [0.2, 0.25) is 0 Å². The Hall–Kier alpha value is -3.07. The summed E-state index contributed by atoms with van der Waals surface area (Å²) in [5.41, 5.74) is 10.2. The topological polar surface area (TPSA) is 35.5 Å². The molecule has 1 spiro atoms. The van der Waals surface area contributed by atoms with Gasteiger partial charge in [0, 0.05) is 12.3 Å². The van der Waals surface area contributed by atoms with Crippen LogP contribution in [0.15, 0.2) is 54.6 Å². The van der Waals surface area contributed by atoms with Gasteiger partial charge in [-0.25, -0.2) is 0 Å². The molecule has 1 fully saturated rings. The van der Waals surface area contributed by atoms with Crippen molar-refractivity contribution in [3.8, 4) is 16.9 Å². The Morgan fingerprint density at radius 1 is 1.00 bits per heavy atom. The first kappa shape index (κ1) is 20.8. The molecule has 3 aromatic rings. The number of fused-ring (bicyclic) bond motifs is 1. The van der Waals surface area contributed by atoms with Gasteiger partial charge < -0.3 is 9.47 Å². The largest absolute Gasteiger partial charge is 0.489 e. The van der Waals surface area contributed by atoms with Gasteiger partial charge in [-0.1, -0.05) is 42.5 Å². The second-order valence-corrected chi connectivity index (χ2v) is 9.53. The van der Waals surface area contributed by atoms with Gasteiger partial charge in [-0.15, -0.1) is 0 Å². The minimum absolute atomic E-state index is 0.0969. The van der Waals surface area contributed by atoms with E-state index in [1.165, 1.54) is 45.9 Å². The van der Waals surface area contributed by atoms with E-state index in [1.54, 1.807) is 0 Å². The zero-order valence-corrected chi connectivity index (χ0v) is 19.3. The molecule has 5 rings (SSSR count). The van der Waals surface area contributed by atoms with E-state index in [4.69, 9.17) is 9.47 Å². The zero-order valence-electron chi connectivity index (χ0n) is 19.3. The van der Waals surface area contributed by atoms with Gasteiger partial charge in [0.1, 0.15) is 18.5 Å². The molecule has 1 saturated carbocycles. The summed E-state index contributed by atoms with van der Waals surface area (Å²) in [6.45, 7) is 8.56. The van der Waals surface area contributed by atoms with Crippen molar-refractivity contribution >= 4 is 5.97 Å². The highest BCUT2D eigenvalue weighted by Gasteiger charge is 2.56. The van der Waals surface area contributed by atoms with Crippen molar-refractivity contribution in [2.45, 2.75) is 59.7 Å². The molecule has 0 aliphatic heterocycles. The Kier molecular flexibility index (Phi) is 5.08. The van der Waals surface area contributed by atoms with Crippen LogP contribution in [0.1, 0.15) is 59.3 Å². The number of carbonyl (C=O) groups excluding carboxylic acids is 1. The Morgan fingerprint density at radius 3 is 2.41 bits per heavy atom. The molecule has 2 aliphatic rings. The van der Waals surface area contributed by atoms with Crippen molar-refractivity contribution in [1.82, 2.24) is 0 Å². The second kappa shape index (κ2) is 7.81. The predicted molar refractivity (Wildman–Crippen MR) is 127 cm³/mol. The zero-order chi connectivity index (χ0) is 22.5. The van der Waals surface area contributed by atoms with Crippen LogP contribution < -0.4 is 4.74 Å². The summed E-state index contributed by atoms with van der Waals surface area (Å²) in [5, 5.41) is 0. The summed E-state index contributed by atoms with van der Waals surface area (Å²) in [7, 11) is 0. The molecule has 1 atom stereocenters. The lowest BCUT2D eigenvalue weighted by atomic mass is 9.91. The third-order valence-electron chi connectivity index (χ3n) is 7.26. The second-order valence-electron chi connectivity index (χ2n) is 9.53. The molecule has 2 aliphatic carbocycles. The fourth-order valence-electron chi connectivity index (χ4n) is 5.35. The summed E-state index contributed by atoms with van der Waals surface area (Å²) in [5.74, 6) is 0.675. The maximum atomic E-state index is 11.6. The Morgan fingerprint density at radius 2 is 1.72 bits per heavy atom. The van der Waals surface area contributed by atoms with E-state index in [9.17, 15) is 4.79 Å². The highest BCUT2D eigenvalue weighted by molar-refractivity contribution is 5.74. The highest BCUT2D eigenvalue weighted by Crippen LogP contribution is 2.63. The van der Waals surface area contributed by atoms with E-state index in [0.717, 1.165) is 30.6 Å². The molecule has 32 heavy (non-hydrogen) atoms. The predicted octanol–water partition coefficient (Wildman–Crippen LogP) is 6.80. The van der Waals surface area contributed by atoms with Crippen LogP contribution in [-0.2, 0) is 22.6 Å². The van der Waals surface area contributed by atoms with Gasteiger partial charge in [-0.3, -0.25) is 4.79 Å². The summed E-state index contributed by atoms with van der Waals surface area (Å²) < 4.78 is 11.9. The smallest absolute Gasteiger partial charge is 0.303 e. The molecule has 0 aromatic heterocycles. The van der Waals surface area contributed by atoms with Crippen LogP contribution in [-0.4, -0.2) is 5.97 Å². The van der Waals surface area contributed by atoms with Crippen LogP contribution >= 0.6 is 0 Å². The lowest BCUT2D eigenvalue weighted by molar-refractivity contribution is -0.149. The first-order chi connectivity index (χ1) is 15.4. The number of benzene rings is 3. The van der Waals surface area contributed by atoms with E-state index in [1.807, 2.05) is 6.07 Å². The summed E-state index contributed by atoms with van der Waals surface area (Å²) in [6, 6.07) is 19.2. The van der Waals surface area contributed by atoms with Crippen LogP contribution in [0, 0.1) is 26.2 Å². The van der Waals surface area contributed by atoms with Crippen molar-refractivity contribution in [1.29, 1.82) is 0 Å². The molecule has 1 unspecified atom stereocenters. The lowest BCUT2D eigenvalue weighted by Crippen LogP contribution is -2.15. The van der Waals surface area contributed by atoms with Crippen LogP contribution in [0.4, 0.5) is 0 Å². The average Bonchev–Trinajstić information content (AvgIpc) is 3.46. The molecular weight excluding hydrogens is 396 g/mol. The minimum atomic E-state index is -0.200. The summed E-state index contributed by atoms with van der Waals surface area (Å²) >= 11 is 0. The van der Waals surface area contributed by atoms with Gasteiger partial charge in [0.2, 0.25) is 0 Å². The van der Waals surface area contributed by atoms with Gasteiger partial charge in [0.25, 0.3) is 0 Å². The fourth-order valence-corrected chi connectivity index (χ4v) is 5.35. The third kappa shape index (κ3) is 3.60. The first-order valence-corrected chi connectivity index (χ1v) is 11.5. The molecule has 0 heterocycles. The minimum Gasteiger partial charge on any atom is -0.489 e. The molecule has 0 bridgehead atoms. The van der Waals surface area contributed by atoms with Crippen molar-refractivity contribution < 1.29 is 14.3 Å². The number of ether oxygens (including phenoxy) is 2. The van der Waals surface area contributed by atoms with Crippen molar-refractivity contribution in [3.05, 3.63) is 88.0 Å². The van der Waals surface area contributed by atoms with Crippen LogP contribution in [0.5, 0.6) is 5.75 Å². The molecule has 0 saturated heterocycles. The third-order valence-corrected chi connectivity index (χ3v) is 7.26. The SMILES string of the molecule is CC(=O)OC1c2ccc(OCc3cccc(-c4c(C)cccc4C)c3C)cc2CC12CC2. The Bertz CT molecular complexity index is 1180. The molecule has 0 radical (unpaired) electrons. The number of rotatable bonds is 5. The van der Waals surface area contributed by atoms with Crippen molar-refractivity contribution in [2.75, 3.05) is 0 Å². The first-order valence-electron chi connectivity index (χ1n) is 11.5. The van der Waals surface area contributed by atoms with Gasteiger partial charge in [-0.05, 0) is 96.7 Å².